The summed E-state index contributed by atoms with van der Waals surface area (Å²) >= 11 is 0. The van der Waals surface area contributed by atoms with Crippen LogP contribution in [0.3, 0.4) is 0 Å². The first kappa shape index (κ1) is 20.2. The van der Waals surface area contributed by atoms with Crippen LogP contribution in [0.5, 0.6) is 0 Å². The summed E-state index contributed by atoms with van der Waals surface area (Å²) in [6, 6.07) is 5.38. The number of sulfonamides is 1. The summed E-state index contributed by atoms with van der Waals surface area (Å²) in [5, 5.41) is 0. The zero-order valence-corrected chi connectivity index (χ0v) is 15.5. The van der Waals surface area contributed by atoms with Gasteiger partial charge in [0.05, 0.1) is 4.90 Å². The van der Waals surface area contributed by atoms with Gasteiger partial charge in [0.15, 0.2) is 0 Å². The molecule has 1 saturated heterocycles. The van der Waals surface area contributed by atoms with Crippen molar-refractivity contribution in [2.45, 2.75) is 56.1 Å². The van der Waals surface area contributed by atoms with Gasteiger partial charge < -0.3 is 4.74 Å². The summed E-state index contributed by atoms with van der Waals surface area (Å²) < 4.78 is 70.4. The fourth-order valence-electron chi connectivity index (χ4n) is 2.82. The zero-order valence-electron chi connectivity index (χ0n) is 14.6. The average molecular weight is 379 g/mol. The Morgan fingerprint density at radius 1 is 1.08 bits per heavy atom. The molecule has 0 unspecified atom stereocenters. The van der Waals surface area contributed by atoms with Gasteiger partial charge in [0.25, 0.3) is 0 Å². The van der Waals surface area contributed by atoms with E-state index in [0.717, 1.165) is 5.56 Å². The SMILES string of the molecule is CC(C)(C)c1ccc(S(=O)(=O)N(CC(F)(F)F)C2CCOCC2)cc1. The Hall–Kier alpha value is -1.12. The quantitative estimate of drug-likeness (QED) is 0.801. The summed E-state index contributed by atoms with van der Waals surface area (Å²) in [4.78, 5) is -0.115. The van der Waals surface area contributed by atoms with Crippen LogP contribution in [0.1, 0.15) is 39.2 Å². The van der Waals surface area contributed by atoms with Gasteiger partial charge in [-0.1, -0.05) is 32.9 Å². The fourth-order valence-corrected chi connectivity index (χ4v) is 4.49. The highest BCUT2D eigenvalue weighted by Crippen LogP contribution is 2.30. The number of ether oxygens (including phenoxy) is 1. The van der Waals surface area contributed by atoms with Crippen molar-refractivity contribution >= 4 is 10.0 Å². The Morgan fingerprint density at radius 3 is 2.04 bits per heavy atom. The predicted molar refractivity (Wildman–Crippen MR) is 88.9 cm³/mol. The Morgan fingerprint density at radius 2 is 1.60 bits per heavy atom. The van der Waals surface area contributed by atoms with Gasteiger partial charge in [0.2, 0.25) is 10.0 Å². The van der Waals surface area contributed by atoms with Crippen molar-refractivity contribution in [1.82, 2.24) is 4.31 Å². The molecule has 0 radical (unpaired) electrons. The van der Waals surface area contributed by atoms with Crippen molar-refractivity contribution in [3.05, 3.63) is 29.8 Å². The number of benzene rings is 1. The summed E-state index contributed by atoms with van der Waals surface area (Å²) in [5.41, 5.74) is 0.745. The van der Waals surface area contributed by atoms with Crippen LogP contribution >= 0.6 is 0 Å². The van der Waals surface area contributed by atoms with E-state index in [2.05, 4.69) is 0 Å². The molecule has 8 heteroatoms. The number of halogens is 3. The molecule has 1 aromatic rings. The second-order valence-electron chi connectivity index (χ2n) is 7.28. The number of alkyl halides is 3. The summed E-state index contributed by atoms with van der Waals surface area (Å²) in [6.45, 7) is 4.98. The topological polar surface area (TPSA) is 46.6 Å². The van der Waals surface area contributed by atoms with E-state index in [4.69, 9.17) is 4.74 Å². The molecule has 0 bridgehead atoms. The molecule has 0 N–H and O–H groups in total. The summed E-state index contributed by atoms with van der Waals surface area (Å²) in [6.07, 6.45) is -4.08. The van der Waals surface area contributed by atoms with Gasteiger partial charge in [-0.15, -0.1) is 0 Å². The molecule has 0 saturated carbocycles. The van der Waals surface area contributed by atoms with Crippen LogP contribution in [-0.2, 0) is 20.2 Å². The predicted octanol–water partition coefficient (Wildman–Crippen LogP) is 3.72. The van der Waals surface area contributed by atoms with Gasteiger partial charge in [0.1, 0.15) is 6.54 Å². The lowest BCUT2D eigenvalue weighted by Gasteiger charge is -2.34. The highest BCUT2D eigenvalue weighted by molar-refractivity contribution is 7.89. The van der Waals surface area contributed by atoms with Crippen molar-refractivity contribution in [1.29, 1.82) is 0 Å². The van der Waals surface area contributed by atoms with Crippen LogP contribution < -0.4 is 0 Å². The number of nitrogens with zero attached hydrogens (tertiary/aromatic N) is 1. The molecule has 1 aliphatic rings. The van der Waals surface area contributed by atoms with Crippen LogP contribution in [0.4, 0.5) is 13.2 Å². The molecule has 1 fully saturated rings. The Balaban J connectivity index is 2.36. The van der Waals surface area contributed by atoms with Gasteiger partial charge in [-0.25, -0.2) is 8.42 Å². The molecule has 0 aliphatic carbocycles. The molecule has 0 aromatic heterocycles. The maximum atomic E-state index is 13.0. The van der Waals surface area contributed by atoms with E-state index in [1.54, 1.807) is 12.1 Å². The standard InChI is InChI=1S/C17H24F3NO3S/c1-16(2,3)13-4-6-15(7-5-13)25(22,23)21(12-17(18,19)20)14-8-10-24-11-9-14/h4-7,14H,8-12H2,1-3H3. The van der Waals surface area contributed by atoms with Crippen molar-refractivity contribution in [2.75, 3.05) is 19.8 Å². The molecule has 25 heavy (non-hydrogen) atoms. The van der Waals surface area contributed by atoms with Crippen molar-refractivity contribution in [3.63, 3.8) is 0 Å². The first-order valence-electron chi connectivity index (χ1n) is 8.18. The highest BCUT2D eigenvalue weighted by atomic mass is 32.2. The monoisotopic (exact) mass is 379 g/mol. The van der Waals surface area contributed by atoms with Gasteiger partial charge in [-0.3, -0.25) is 0 Å². The normalized spacial score (nSPS) is 17.9. The van der Waals surface area contributed by atoms with Crippen molar-refractivity contribution in [3.8, 4) is 0 Å². The summed E-state index contributed by atoms with van der Waals surface area (Å²) in [7, 11) is -4.24. The van der Waals surface area contributed by atoms with Crippen molar-refractivity contribution in [2.24, 2.45) is 0 Å². The lowest BCUT2D eigenvalue weighted by Crippen LogP contribution is -2.47. The average Bonchev–Trinajstić information content (AvgIpc) is 2.52. The lowest BCUT2D eigenvalue weighted by atomic mass is 9.87. The van der Waals surface area contributed by atoms with Crippen LogP contribution in [0.25, 0.3) is 0 Å². The first-order chi connectivity index (χ1) is 11.4. The number of hydrogen-bond acceptors (Lipinski definition) is 3. The molecular formula is C17H24F3NO3S. The van der Waals surface area contributed by atoms with Crippen molar-refractivity contribution < 1.29 is 26.3 Å². The molecule has 1 aliphatic heterocycles. The molecule has 4 nitrogen and oxygen atoms in total. The van der Waals surface area contributed by atoms with E-state index >= 15 is 0 Å². The maximum absolute atomic E-state index is 13.0. The molecule has 1 heterocycles. The summed E-state index contributed by atoms with van der Waals surface area (Å²) in [5.74, 6) is 0. The van der Waals surface area contributed by atoms with E-state index in [1.807, 2.05) is 20.8 Å². The van der Waals surface area contributed by atoms with Gasteiger partial charge in [-0.2, -0.15) is 17.5 Å². The molecule has 2 rings (SSSR count). The van der Waals surface area contributed by atoms with E-state index in [0.29, 0.717) is 4.31 Å². The Kier molecular flexibility index (Phi) is 5.85. The number of hydrogen-bond donors (Lipinski definition) is 0. The minimum Gasteiger partial charge on any atom is -0.381 e. The van der Waals surface area contributed by atoms with Crippen LogP contribution in [0, 0.1) is 0 Å². The molecular weight excluding hydrogens is 355 g/mol. The first-order valence-corrected chi connectivity index (χ1v) is 9.62. The van der Waals surface area contributed by atoms with Crippen LogP contribution in [0.15, 0.2) is 29.2 Å². The van der Waals surface area contributed by atoms with E-state index < -0.39 is 28.8 Å². The maximum Gasteiger partial charge on any atom is 0.402 e. The minimum absolute atomic E-state index is 0.115. The smallest absolute Gasteiger partial charge is 0.381 e. The van der Waals surface area contributed by atoms with Crippen LogP contribution in [0.2, 0.25) is 0 Å². The molecule has 0 spiro atoms. The lowest BCUT2D eigenvalue weighted by molar-refractivity contribution is -0.141. The Bertz CT molecular complexity index is 673. The number of rotatable bonds is 4. The largest absolute Gasteiger partial charge is 0.402 e. The molecule has 142 valence electrons. The third kappa shape index (κ3) is 5.18. The highest BCUT2D eigenvalue weighted by Gasteiger charge is 2.41. The van der Waals surface area contributed by atoms with E-state index in [1.165, 1.54) is 12.1 Å². The molecule has 0 atom stereocenters. The third-order valence-electron chi connectivity index (χ3n) is 4.26. The van der Waals surface area contributed by atoms with Gasteiger partial charge in [0, 0.05) is 19.3 Å². The van der Waals surface area contributed by atoms with E-state index in [9.17, 15) is 21.6 Å². The second-order valence-corrected chi connectivity index (χ2v) is 9.17. The zero-order chi connectivity index (χ0) is 18.9. The second kappa shape index (κ2) is 7.25. The minimum atomic E-state index is -4.60. The Labute approximate surface area is 147 Å². The fraction of sp³-hybridized carbons (Fsp3) is 0.647. The van der Waals surface area contributed by atoms with Gasteiger partial charge >= 0.3 is 6.18 Å². The van der Waals surface area contributed by atoms with E-state index in [-0.39, 0.29) is 36.4 Å². The van der Waals surface area contributed by atoms with Gasteiger partial charge in [-0.05, 0) is 36.0 Å². The molecule has 1 aromatic carbocycles. The van der Waals surface area contributed by atoms with Crippen LogP contribution in [-0.4, -0.2) is 44.7 Å². The third-order valence-corrected chi connectivity index (χ3v) is 6.17. The molecule has 0 amide bonds.